The van der Waals surface area contributed by atoms with Crippen molar-refractivity contribution in [3.63, 3.8) is 0 Å². The predicted octanol–water partition coefficient (Wildman–Crippen LogP) is 1.98. The lowest BCUT2D eigenvalue weighted by atomic mass is 10.2. The van der Waals surface area contributed by atoms with Gasteiger partial charge in [0.2, 0.25) is 5.95 Å². The molecule has 104 valence electrons. The minimum absolute atomic E-state index is 0.319. The highest BCUT2D eigenvalue weighted by molar-refractivity contribution is 5.45. The normalized spacial score (nSPS) is 23.0. The minimum Gasteiger partial charge on any atom is -0.376 e. The summed E-state index contributed by atoms with van der Waals surface area (Å²) in [6.45, 7) is 5.95. The molecule has 1 aromatic rings. The maximum Gasteiger partial charge on any atom is 0.224 e. The summed E-state index contributed by atoms with van der Waals surface area (Å²) >= 11 is 0. The summed E-state index contributed by atoms with van der Waals surface area (Å²) in [5.74, 6) is 1.79. The molecule has 0 aromatic carbocycles. The van der Waals surface area contributed by atoms with Gasteiger partial charge in [0.15, 0.2) is 0 Å². The number of aromatic nitrogens is 2. The van der Waals surface area contributed by atoms with Crippen LogP contribution in [0.1, 0.15) is 31.4 Å². The van der Waals surface area contributed by atoms with Gasteiger partial charge in [-0.3, -0.25) is 0 Å². The summed E-state index contributed by atoms with van der Waals surface area (Å²) in [6, 6.07) is 2.07. The van der Waals surface area contributed by atoms with E-state index >= 15 is 0 Å². The lowest BCUT2D eigenvalue weighted by Crippen LogP contribution is -2.22. The Morgan fingerprint density at radius 3 is 2.89 bits per heavy atom. The first kappa shape index (κ1) is 12.7. The Morgan fingerprint density at radius 2 is 2.16 bits per heavy atom. The van der Waals surface area contributed by atoms with Crippen LogP contribution in [0.5, 0.6) is 0 Å². The van der Waals surface area contributed by atoms with Gasteiger partial charge in [0, 0.05) is 38.0 Å². The number of anilines is 2. The number of hydrogen-bond acceptors (Lipinski definition) is 5. The quantitative estimate of drug-likeness (QED) is 0.899. The van der Waals surface area contributed by atoms with E-state index < -0.39 is 0 Å². The van der Waals surface area contributed by atoms with Crippen molar-refractivity contribution in [1.29, 1.82) is 0 Å². The second-order valence-electron chi connectivity index (χ2n) is 5.40. The summed E-state index contributed by atoms with van der Waals surface area (Å²) in [5, 5.41) is 3.32. The van der Waals surface area contributed by atoms with Crippen LogP contribution in [0, 0.1) is 6.92 Å². The second-order valence-corrected chi connectivity index (χ2v) is 5.40. The fourth-order valence-electron chi connectivity index (χ4n) is 2.75. The molecule has 0 aliphatic carbocycles. The molecule has 0 amide bonds. The molecule has 1 N–H and O–H groups in total. The Labute approximate surface area is 114 Å². The van der Waals surface area contributed by atoms with Crippen molar-refractivity contribution >= 4 is 11.8 Å². The number of nitrogens with zero attached hydrogens (tertiary/aromatic N) is 3. The SMILES string of the molecule is Cc1cc(N2CCCC2)nc(NCC2CCCO2)n1. The first-order valence-corrected chi connectivity index (χ1v) is 7.27. The first-order valence-electron chi connectivity index (χ1n) is 7.27. The smallest absolute Gasteiger partial charge is 0.224 e. The highest BCUT2D eigenvalue weighted by Crippen LogP contribution is 2.20. The summed E-state index contributed by atoms with van der Waals surface area (Å²) in [4.78, 5) is 11.4. The van der Waals surface area contributed by atoms with Gasteiger partial charge in [-0.25, -0.2) is 4.98 Å². The van der Waals surface area contributed by atoms with E-state index in [1.54, 1.807) is 0 Å². The van der Waals surface area contributed by atoms with Crippen LogP contribution in [-0.2, 0) is 4.74 Å². The van der Waals surface area contributed by atoms with Gasteiger partial charge in [-0.05, 0) is 32.6 Å². The topological polar surface area (TPSA) is 50.3 Å². The van der Waals surface area contributed by atoms with Crippen LogP contribution in [-0.4, -0.2) is 42.3 Å². The summed E-state index contributed by atoms with van der Waals surface area (Å²) < 4.78 is 5.61. The molecule has 0 saturated carbocycles. The van der Waals surface area contributed by atoms with E-state index in [1.165, 1.54) is 19.3 Å². The van der Waals surface area contributed by atoms with Gasteiger partial charge in [-0.1, -0.05) is 0 Å². The maximum absolute atomic E-state index is 5.61. The van der Waals surface area contributed by atoms with Crippen LogP contribution in [0.4, 0.5) is 11.8 Å². The van der Waals surface area contributed by atoms with Crippen molar-refractivity contribution in [2.45, 2.75) is 38.7 Å². The van der Waals surface area contributed by atoms with Crippen molar-refractivity contribution < 1.29 is 4.74 Å². The zero-order valence-corrected chi connectivity index (χ0v) is 11.6. The van der Waals surface area contributed by atoms with Crippen molar-refractivity contribution in [3.05, 3.63) is 11.8 Å². The molecule has 5 heteroatoms. The van der Waals surface area contributed by atoms with Crippen molar-refractivity contribution in [3.8, 4) is 0 Å². The number of ether oxygens (including phenoxy) is 1. The second kappa shape index (κ2) is 5.74. The molecule has 0 radical (unpaired) electrons. The van der Waals surface area contributed by atoms with E-state index in [0.717, 1.165) is 50.1 Å². The highest BCUT2D eigenvalue weighted by Gasteiger charge is 2.17. The van der Waals surface area contributed by atoms with Crippen LogP contribution in [0.15, 0.2) is 6.07 Å². The van der Waals surface area contributed by atoms with Gasteiger partial charge in [0.25, 0.3) is 0 Å². The average molecular weight is 262 g/mol. The van der Waals surface area contributed by atoms with Gasteiger partial charge in [0.05, 0.1) is 6.10 Å². The van der Waals surface area contributed by atoms with Crippen LogP contribution in [0.25, 0.3) is 0 Å². The lowest BCUT2D eigenvalue weighted by molar-refractivity contribution is 0.120. The molecule has 2 aliphatic heterocycles. The largest absolute Gasteiger partial charge is 0.376 e. The van der Waals surface area contributed by atoms with Crippen LogP contribution in [0.2, 0.25) is 0 Å². The van der Waals surface area contributed by atoms with Crippen LogP contribution < -0.4 is 10.2 Å². The average Bonchev–Trinajstić information content (AvgIpc) is 3.09. The molecule has 1 aromatic heterocycles. The predicted molar refractivity (Wildman–Crippen MR) is 75.7 cm³/mol. The molecule has 3 heterocycles. The van der Waals surface area contributed by atoms with E-state index in [4.69, 9.17) is 4.74 Å². The van der Waals surface area contributed by atoms with E-state index in [2.05, 4.69) is 26.3 Å². The molecule has 1 unspecified atom stereocenters. The zero-order chi connectivity index (χ0) is 13.1. The van der Waals surface area contributed by atoms with E-state index in [1.807, 2.05) is 6.92 Å². The molecule has 2 fully saturated rings. The van der Waals surface area contributed by atoms with Gasteiger partial charge >= 0.3 is 0 Å². The monoisotopic (exact) mass is 262 g/mol. The van der Waals surface area contributed by atoms with Crippen LogP contribution in [0.3, 0.4) is 0 Å². The standard InChI is InChI=1S/C14H22N4O/c1-11-9-13(18-6-2-3-7-18)17-14(16-11)15-10-12-5-4-8-19-12/h9,12H,2-8,10H2,1H3,(H,15,16,17). The van der Waals surface area contributed by atoms with E-state index in [9.17, 15) is 0 Å². The van der Waals surface area contributed by atoms with Crippen molar-refractivity contribution in [2.24, 2.45) is 0 Å². The first-order chi connectivity index (χ1) is 9.31. The molecule has 5 nitrogen and oxygen atoms in total. The molecule has 0 spiro atoms. The number of aryl methyl sites for hydroxylation is 1. The third kappa shape index (κ3) is 3.15. The molecule has 2 aliphatic rings. The number of hydrogen-bond donors (Lipinski definition) is 1. The Balaban J connectivity index is 1.66. The molecular formula is C14H22N4O. The van der Waals surface area contributed by atoms with E-state index in [0.29, 0.717) is 6.10 Å². The molecule has 2 saturated heterocycles. The Kier molecular flexibility index (Phi) is 3.82. The summed E-state index contributed by atoms with van der Waals surface area (Å²) in [5.41, 5.74) is 1.02. The fraction of sp³-hybridized carbons (Fsp3) is 0.714. The van der Waals surface area contributed by atoms with Gasteiger partial charge in [-0.15, -0.1) is 0 Å². The molecule has 19 heavy (non-hydrogen) atoms. The van der Waals surface area contributed by atoms with E-state index in [-0.39, 0.29) is 0 Å². The summed E-state index contributed by atoms with van der Waals surface area (Å²) in [7, 11) is 0. The van der Waals surface area contributed by atoms with Gasteiger partial charge in [-0.2, -0.15) is 4.98 Å². The van der Waals surface area contributed by atoms with Crippen LogP contribution >= 0.6 is 0 Å². The van der Waals surface area contributed by atoms with Gasteiger partial charge in [0.1, 0.15) is 5.82 Å². The Hall–Kier alpha value is -1.36. The summed E-state index contributed by atoms with van der Waals surface area (Å²) in [6.07, 6.45) is 5.15. The van der Waals surface area contributed by atoms with Gasteiger partial charge < -0.3 is 15.0 Å². The molecular weight excluding hydrogens is 240 g/mol. The number of rotatable bonds is 4. The minimum atomic E-state index is 0.319. The molecule has 1 atom stereocenters. The zero-order valence-electron chi connectivity index (χ0n) is 11.6. The fourth-order valence-corrected chi connectivity index (χ4v) is 2.75. The Morgan fingerprint density at radius 1 is 1.32 bits per heavy atom. The third-order valence-corrected chi connectivity index (χ3v) is 3.78. The molecule has 3 rings (SSSR count). The lowest BCUT2D eigenvalue weighted by Gasteiger charge is -2.18. The third-order valence-electron chi connectivity index (χ3n) is 3.78. The maximum atomic E-state index is 5.61. The highest BCUT2D eigenvalue weighted by atomic mass is 16.5. The van der Waals surface area contributed by atoms with Crippen molar-refractivity contribution in [1.82, 2.24) is 9.97 Å². The van der Waals surface area contributed by atoms with Crippen molar-refractivity contribution in [2.75, 3.05) is 36.5 Å². The number of nitrogens with one attached hydrogen (secondary N) is 1. The Bertz CT molecular complexity index is 425. The molecule has 0 bridgehead atoms.